The summed E-state index contributed by atoms with van der Waals surface area (Å²) >= 11 is 0. The maximum Gasteiger partial charge on any atom is 0.251 e. The summed E-state index contributed by atoms with van der Waals surface area (Å²) in [5.41, 5.74) is 1.83. The van der Waals surface area contributed by atoms with Crippen molar-refractivity contribution >= 4 is 35.8 Å². The lowest BCUT2D eigenvalue weighted by molar-refractivity contribution is 0.0954. The first-order valence-electron chi connectivity index (χ1n) is 9.77. The van der Waals surface area contributed by atoms with Crippen LogP contribution in [0.1, 0.15) is 34.3 Å². The summed E-state index contributed by atoms with van der Waals surface area (Å²) in [6.45, 7) is 5.58. The molecule has 0 aromatic heterocycles. The van der Waals surface area contributed by atoms with Crippen LogP contribution in [0, 0.1) is 12.7 Å². The molecule has 2 aromatic rings. The average molecular weight is 528 g/mol. The van der Waals surface area contributed by atoms with E-state index in [2.05, 4.69) is 20.9 Å². The molecule has 0 fully saturated rings. The van der Waals surface area contributed by atoms with Crippen molar-refractivity contribution in [3.05, 3.63) is 71.0 Å². The molecule has 0 spiro atoms. The van der Waals surface area contributed by atoms with Crippen LogP contribution in [0.2, 0.25) is 0 Å². The van der Waals surface area contributed by atoms with Crippen LogP contribution < -0.4 is 16.0 Å². The number of aliphatic hydroxyl groups excluding tert-OH is 1. The van der Waals surface area contributed by atoms with Crippen molar-refractivity contribution in [2.24, 2.45) is 4.99 Å². The van der Waals surface area contributed by atoms with E-state index in [0.29, 0.717) is 43.3 Å². The van der Waals surface area contributed by atoms with Gasteiger partial charge in [-0.25, -0.2) is 4.39 Å². The van der Waals surface area contributed by atoms with Gasteiger partial charge in [0.05, 0.1) is 13.2 Å². The number of amides is 1. The van der Waals surface area contributed by atoms with Gasteiger partial charge in [0.15, 0.2) is 5.96 Å². The lowest BCUT2D eigenvalue weighted by Gasteiger charge is -2.15. The molecule has 1 atom stereocenters. The Kier molecular flexibility index (Phi) is 12.0. The third kappa shape index (κ3) is 8.27. The Morgan fingerprint density at radius 2 is 1.80 bits per heavy atom. The summed E-state index contributed by atoms with van der Waals surface area (Å²) < 4.78 is 13.6. The highest BCUT2D eigenvalue weighted by Crippen LogP contribution is 2.14. The fourth-order valence-corrected chi connectivity index (χ4v) is 2.73. The highest BCUT2D eigenvalue weighted by Gasteiger charge is 2.10. The zero-order valence-electron chi connectivity index (χ0n) is 17.3. The van der Waals surface area contributed by atoms with Crippen LogP contribution in [0.15, 0.2) is 53.5 Å². The molecule has 8 heteroatoms. The molecule has 0 saturated carbocycles. The van der Waals surface area contributed by atoms with E-state index in [-0.39, 0.29) is 42.4 Å². The van der Waals surface area contributed by atoms with Gasteiger partial charge in [0.2, 0.25) is 0 Å². The molecule has 0 aliphatic heterocycles. The first-order valence-corrected chi connectivity index (χ1v) is 9.77. The third-order valence-corrected chi connectivity index (χ3v) is 4.44. The Morgan fingerprint density at radius 3 is 2.43 bits per heavy atom. The monoisotopic (exact) mass is 528 g/mol. The molecule has 164 valence electrons. The van der Waals surface area contributed by atoms with Crippen molar-refractivity contribution < 1.29 is 14.3 Å². The van der Waals surface area contributed by atoms with E-state index < -0.39 is 5.82 Å². The van der Waals surface area contributed by atoms with Gasteiger partial charge in [-0.05, 0) is 37.1 Å². The van der Waals surface area contributed by atoms with E-state index >= 15 is 0 Å². The van der Waals surface area contributed by atoms with E-state index in [1.54, 1.807) is 19.1 Å². The number of aryl methyl sites for hydroxylation is 1. The van der Waals surface area contributed by atoms with Gasteiger partial charge in [0.1, 0.15) is 5.82 Å². The van der Waals surface area contributed by atoms with Gasteiger partial charge in [-0.15, -0.1) is 24.0 Å². The molecule has 0 aliphatic rings. The predicted octanol–water partition coefficient (Wildman–Crippen LogP) is 2.81. The van der Waals surface area contributed by atoms with E-state index in [1.807, 2.05) is 37.3 Å². The van der Waals surface area contributed by atoms with Gasteiger partial charge in [0, 0.05) is 31.1 Å². The van der Waals surface area contributed by atoms with Crippen LogP contribution in [-0.4, -0.2) is 49.8 Å². The maximum absolute atomic E-state index is 13.6. The number of nitrogens with zero attached hydrogens (tertiary/aromatic N) is 1. The number of nitrogens with one attached hydrogen (secondary N) is 3. The lowest BCUT2D eigenvalue weighted by atomic mass is 10.0. The van der Waals surface area contributed by atoms with Gasteiger partial charge < -0.3 is 21.1 Å². The fraction of sp³-hybridized carbons (Fsp3) is 0.364. The van der Waals surface area contributed by atoms with Crippen molar-refractivity contribution in [3.63, 3.8) is 0 Å². The van der Waals surface area contributed by atoms with Gasteiger partial charge in [-0.2, -0.15) is 0 Å². The normalized spacial score (nSPS) is 11.9. The molecule has 0 bridgehead atoms. The predicted molar refractivity (Wildman–Crippen MR) is 129 cm³/mol. The molecular formula is C22H30FIN4O2. The highest BCUT2D eigenvalue weighted by molar-refractivity contribution is 14.0. The number of aliphatic imine (C=N–C) groups is 1. The summed E-state index contributed by atoms with van der Waals surface area (Å²) in [5.74, 6) is -0.188. The topological polar surface area (TPSA) is 85.8 Å². The highest BCUT2D eigenvalue weighted by atomic mass is 127. The molecular weight excluding hydrogens is 498 g/mol. The quantitative estimate of drug-likeness (QED) is 0.175. The number of aliphatic hydroxyl groups is 1. The minimum Gasteiger partial charge on any atom is -0.396 e. The smallest absolute Gasteiger partial charge is 0.251 e. The van der Waals surface area contributed by atoms with E-state index in [4.69, 9.17) is 0 Å². The SMILES string of the molecule is CCNC(=NCC(CO)c1ccccc1)NCCNC(=O)c1ccc(C)c(F)c1.I. The van der Waals surface area contributed by atoms with Crippen LogP contribution in [-0.2, 0) is 0 Å². The van der Waals surface area contributed by atoms with Crippen LogP contribution in [0.5, 0.6) is 0 Å². The molecule has 0 heterocycles. The average Bonchev–Trinajstić information content (AvgIpc) is 2.74. The van der Waals surface area contributed by atoms with E-state index in [9.17, 15) is 14.3 Å². The van der Waals surface area contributed by atoms with Crippen molar-refractivity contribution in [1.82, 2.24) is 16.0 Å². The van der Waals surface area contributed by atoms with Gasteiger partial charge in [-0.1, -0.05) is 36.4 Å². The minimum absolute atomic E-state index is 0. The first kappa shape index (κ1) is 25.8. The van der Waals surface area contributed by atoms with Crippen molar-refractivity contribution in [3.8, 4) is 0 Å². The third-order valence-electron chi connectivity index (χ3n) is 4.44. The van der Waals surface area contributed by atoms with Crippen molar-refractivity contribution in [2.45, 2.75) is 19.8 Å². The second-order valence-electron chi connectivity index (χ2n) is 6.66. The molecule has 1 amide bonds. The Hall–Kier alpha value is -2.20. The summed E-state index contributed by atoms with van der Waals surface area (Å²) in [6.07, 6.45) is 0. The Morgan fingerprint density at radius 1 is 1.10 bits per heavy atom. The largest absolute Gasteiger partial charge is 0.396 e. The van der Waals surface area contributed by atoms with Crippen molar-refractivity contribution in [2.75, 3.05) is 32.8 Å². The molecule has 30 heavy (non-hydrogen) atoms. The molecule has 1 unspecified atom stereocenters. The fourth-order valence-electron chi connectivity index (χ4n) is 2.73. The summed E-state index contributed by atoms with van der Waals surface area (Å²) in [7, 11) is 0. The van der Waals surface area contributed by atoms with Gasteiger partial charge in [0.25, 0.3) is 5.91 Å². The maximum atomic E-state index is 13.6. The zero-order chi connectivity index (χ0) is 21.1. The molecule has 2 rings (SSSR count). The van der Waals surface area contributed by atoms with Gasteiger partial charge >= 0.3 is 0 Å². The van der Waals surface area contributed by atoms with E-state index in [1.165, 1.54) is 6.07 Å². The van der Waals surface area contributed by atoms with Crippen molar-refractivity contribution in [1.29, 1.82) is 0 Å². The molecule has 0 saturated heterocycles. The Balaban J connectivity index is 0.00000450. The molecule has 4 N–H and O–H groups in total. The Bertz CT molecular complexity index is 818. The van der Waals surface area contributed by atoms with Crippen LogP contribution in [0.25, 0.3) is 0 Å². The molecule has 0 aliphatic carbocycles. The second-order valence-corrected chi connectivity index (χ2v) is 6.66. The number of rotatable bonds is 9. The zero-order valence-corrected chi connectivity index (χ0v) is 19.7. The number of guanidine groups is 1. The minimum atomic E-state index is -0.394. The second kappa shape index (κ2) is 13.9. The first-order chi connectivity index (χ1) is 14.0. The Labute approximate surface area is 194 Å². The number of halogens is 2. The number of hydrogen-bond donors (Lipinski definition) is 4. The summed E-state index contributed by atoms with van der Waals surface area (Å²) in [5, 5.41) is 18.7. The van der Waals surface area contributed by atoms with Crippen LogP contribution >= 0.6 is 24.0 Å². The standard InChI is InChI=1S/C22H29FN4O2.HI/c1-3-24-22(27-14-19(15-28)17-7-5-4-6-8-17)26-12-11-25-21(29)18-10-9-16(2)20(23)13-18;/h4-10,13,19,28H,3,11-12,14-15H2,1-2H3,(H,25,29)(H2,24,26,27);1H. The van der Waals surface area contributed by atoms with Crippen LogP contribution in [0.4, 0.5) is 4.39 Å². The number of benzene rings is 2. The summed E-state index contributed by atoms with van der Waals surface area (Å²) in [4.78, 5) is 16.6. The van der Waals surface area contributed by atoms with Gasteiger partial charge in [-0.3, -0.25) is 9.79 Å². The number of carbonyl (C=O) groups is 1. The molecule has 2 aromatic carbocycles. The lowest BCUT2D eigenvalue weighted by Crippen LogP contribution is -2.41. The molecule has 6 nitrogen and oxygen atoms in total. The molecule has 0 radical (unpaired) electrons. The summed E-state index contributed by atoms with van der Waals surface area (Å²) in [6, 6.07) is 14.2. The van der Waals surface area contributed by atoms with Crippen LogP contribution in [0.3, 0.4) is 0 Å². The van der Waals surface area contributed by atoms with E-state index in [0.717, 1.165) is 5.56 Å². The number of hydrogen-bond acceptors (Lipinski definition) is 3. The number of carbonyl (C=O) groups excluding carboxylic acids is 1.